The molecule has 3 aromatic carbocycles. The zero-order valence-corrected chi connectivity index (χ0v) is 16.7. The van der Waals surface area contributed by atoms with Crippen molar-refractivity contribution in [3.05, 3.63) is 94.3 Å². The number of nitrogens with zero attached hydrogens (tertiary/aromatic N) is 1. The van der Waals surface area contributed by atoms with Crippen molar-refractivity contribution in [2.24, 2.45) is 0 Å². The van der Waals surface area contributed by atoms with Crippen LogP contribution in [-0.4, -0.2) is 18.4 Å². The van der Waals surface area contributed by atoms with Crippen LogP contribution < -0.4 is 15.0 Å². The number of fused-ring (bicyclic) bond motifs is 1. The lowest BCUT2D eigenvalue weighted by atomic mass is 10.1. The molecule has 1 N–H and O–H groups in total. The second-order valence-electron chi connectivity index (χ2n) is 6.89. The third-order valence-electron chi connectivity index (χ3n) is 4.78. The smallest absolute Gasteiger partial charge is 0.265 e. The zero-order valence-electron chi connectivity index (χ0n) is 15.9. The summed E-state index contributed by atoms with van der Waals surface area (Å²) in [6.45, 7) is 0.517. The van der Waals surface area contributed by atoms with Crippen molar-refractivity contribution in [2.75, 3.05) is 11.5 Å². The minimum atomic E-state index is -0.341. The average Bonchev–Trinajstić information content (AvgIpc) is 2.76. The van der Waals surface area contributed by atoms with Gasteiger partial charge < -0.3 is 15.0 Å². The van der Waals surface area contributed by atoms with Crippen LogP contribution >= 0.6 is 11.6 Å². The molecule has 4 rings (SSSR count). The summed E-state index contributed by atoms with van der Waals surface area (Å²) in [6.07, 6.45) is 0. The summed E-state index contributed by atoms with van der Waals surface area (Å²) >= 11 is 5.88. The molecule has 152 valence electrons. The van der Waals surface area contributed by atoms with E-state index in [1.54, 1.807) is 47.4 Å². The van der Waals surface area contributed by atoms with Gasteiger partial charge in [0.05, 0.1) is 12.2 Å². The van der Waals surface area contributed by atoms with E-state index in [0.29, 0.717) is 28.6 Å². The molecule has 7 heteroatoms. The molecule has 1 aliphatic rings. The third-order valence-corrected chi connectivity index (χ3v) is 5.04. The summed E-state index contributed by atoms with van der Waals surface area (Å²) in [6, 6.07) is 18.1. The standard InChI is InChI=1S/C23H18ClFN2O3/c24-18-6-1-15(2-7-18)12-26-23(29)17-5-10-21-20(11-17)27(22(28)14-30-21)13-16-3-8-19(25)9-4-16/h1-11H,12-14H2,(H,26,29). The number of carbonyl (C=O) groups excluding carboxylic acids is 2. The minimum Gasteiger partial charge on any atom is -0.482 e. The van der Waals surface area contributed by atoms with Gasteiger partial charge in [-0.15, -0.1) is 0 Å². The van der Waals surface area contributed by atoms with Crippen molar-refractivity contribution < 1.29 is 18.7 Å². The Morgan fingerprint density at radius 2 is 1.73 bits per heavy atom. The second-order valence-corrected chi connectivity index (χ2v) is 7.32. The maximum atomic E-state index is 13.2. The maximum Gasteiger partial charge on any atom is 0.265 e. The number of rotatable bonds is 5. The van der Waals surface area contributed by atoms with E-state index < -0.39 is 0 Å². The highest BCUT2D eigenvalue weighted by atomic mass is 35.5. The molecule has 0 atom stereocenters. The largest absolute Gasteiger partial charge is 0.482 e. The first-order chi connectivity index (χ1) is 14.5. The van der Waals surface area contributed by atoms with E-state index in [-0.39, 0.29) is 30.8 Å². The molecule has 0 saturated carbocycles. The molecule has 0 aliphatic carbocycles. The first kappa shape index (κ1) is 19.9. The monoisotopic (exact) mass is 424 g/mol. The second kappa shape index (κ2) is 8.55. The van der Waals surface area contributed by atoms with Gasteiger partial charge in [0, 0.05) is 17.1 Å². The van der Waals surface area contributed by atoms with Gasteiger partial charge in [-0.2, -0.15) is 0 Å². The summed E-state index contributed by atoms with van der Waals surface area (Å²) in [5.74, 6) is -0.323. The predicted molar refractivity (Wildman–Crippen MR) is 112 cm³/mol. The number of carbonyl (C=O) groups is 2. The Morgan fingerprint density at radius 1 is 1.03 bits per heavy atom. The van der Waals surface area contributed by atoms with Crippen LogP contribution in [0.2, 0.25) is 5.02 Å². The van der Waals surface area contributed by atoms with Gasteiger partial charge in [-0.05, 0) is 53.6 Å². The molecule has 1 heterocycles. The van der Waals surface area contributed by atoms with Crippen LogP contribution in [0.15, 0.2) is 66.7 Å². The van der Waals surface area contributed by atoms with Crippen LogP contribution in [0.4, 0.5) is 10.1 Å². The van der Waals surface area contributed by atoms with E-state index in [2.05, 4.69) is 5.32 Å². The average molecular weight is 425 g/mol. The summed E-state index contributed by atoms with van der Waals surface area (Å²) in [5, 5.41) is 3.49. The fourth-order valence-electron chi connectivity index (χ4n) is 3.18. The van der Waals surface area contributed by atoms with Gasteiger partial charge in [0.25, 0.3) is 11.8 Å². The van der Waals surface area contributed by atoms with Crippen molar-refractivity contribution >= 4 is 29.1 Å². The Morgan fingerprint density at radius 3 is 2.47 bits per heavy atom. The summed E-state index contributed by atoms with van der Waals surface area (Å²) < 4.78 is 18.7. The van der Waals surface area contributed by atoms with Gasteiger partial charge in [0.2, 0.25) is 0 Å². The van der Waals surface area contributed by atoms with Crippen LogP contribution in [-0.2, 0) is 17.9 Å². The maximum absolute atomic E-state index is 13.2. The normalized spacial score (nSPS) is 12.9. The fraction of sp³-hybridized carbons (Fsp3) is 0.130. The van der Waals surface area contributed by atoms with E-state index in [1.807, 2.05) is 12.1 Å². The Labute approximate surface area is 178 Å². The lowest BCUT2D eigenvalue weighted by Crippen LogP contribution is -2.38. The van der Waals surface area contributed by atoms with E-state index in [4.69, 9.17) is 16.3 Å². The lowest BCUT2D eigenvalue weighted by molar-refractivity contribution is -0.121. The van der Waals surface area contributed by atoms with Crippen molar-refractivity contribution in [3.63, 3.8) is 0 Å². The highest BCUT2D eigenvalue weighted by molar-refractivity contribution is 6.30. The predicted octanol–water partition coefficient (Wildman–Crippen LogP) is 4.33. The molecule has 0 bridgehead atoms. The Kier molecular flexibility index (Phi) is 5.68. The number of benzene rings is 3. The van der Waals surface area contributed by atoms with E-state index in [1.165, 1.54) is 12.1 Å². The van der Waals surface area contributed by atoms with E-state index in [9.17, 15) is 14.0 Å². The van der Waals surface area contributed by atoms with Crippen molar-refractivity contribution in [1.82, 2.24) is 5.32 Å². The summed E-state index contributed by atoms with van der Waals surface area (Å²) in [7, 11) is 0. The van der Waals surface area contributed by atoms with Crippen LogP contribution in [0.5, 0.6) is 5.75 Å². The Hall–Kier alpha value is -3.38. The SMILES string of the molecule is O=C(NCc1ccc(Cl)cc1)c1ccc2c(c1)N(Cc1ccc(F)cc1)C(=O)CO2. The van der Waals surface area contributed by atoms with Crippen molar-refractivity contribution in [3.8, 4) is 5.75 Å². The first-order valence-electron chi connectivity index (χ1n) is 9.34. The number of nitrogens with one attached hydrogen (secondary N) is 1. The van der Waals surface area contributed by atoms with Gasteiger partial charge in [-0.1, -0.05) is 35.9 Å². The number of hydrogen-bond donors (Lipinski definition) is 1. The minimum absolute atomic E-state index is 0.0870. The number of ether oxygens (including phenoxy) is 1. The molecule has 3 aromatic rings. The molecule has 0 saturated heterocycles. The van der Waals surface area contributed by atoms with E-state index >= 15 is 0 Å². The van der Waals surface area contributed by atoms with Gasteiger partial charge >= 0.3 is 0 Å². The third kappa shape index (κ3) is 4.44. The molecule has 0 aromatic heterocycles. The van der Waals surface area contributed by atoms with Crippen LogP contribution in [0.25, 0.3) is 0 Å². The molecule has 0 unspecified atom stereocenters. The number of halogens is 2. The Balaban J connectivity index is 1.53. The molecule has 1 aliphatic heterocycles. The topological polar surface area (TPSA) is 58.6 Å². The van der Waals surface area contributed by atoms with Crippen LogP contribution in [0.3, 0.4) is 0 Å². The molecule has 0 radical (unpaired) electrons. The highest BCUT2D eigenvalue weighted by Gasteiger charge is 2.26. The fourth-order valence-corrected chi connectivity index (χ4v) is 3.30. The van der Waals surface area contributed by atoms with Crippen LogP contribution in [0, 0.1) is 5.82 Å². The molecule has 5 nitrogen and oxygen atoms in total. The molecular weight excluding hydrogens is 407 g/mol. The lowest BCUT2D eigenvalue weighted by Gasteiger charge is -2.30. The summed E-state index contributed by atoms with van der Waals surface area (Å²) in [5.41, 5.74) is 2.61. The number of anilines is 1. The molecule has 2 amide bonds. The van der Waals surface area contributed by atoms with Crippen molar-refractivity contribution in [1.29, 1.82) is 0 Å². The van der Waals surface area contributed by atoms with Gasteiger partial charge in [-0.3, -0.25) is 9.59 Å². The quantitative estimate of drug-likeness (QED) is 0.663. The van der Waals surface area contributed by atoms with Crippen LogP contribution in [0.1, 0.15) is 21.5 Å². The zero-order chi connectivity index (χ0) is 21.1. The van der Waals surface area contributed by atoms with Gasteiger partial charge in [-0.25, -0.2) is 4.39 Å². The Bertz CT molecular complexity index is 1080. The molecule has 0 fully saturated rings. The van der Waals surface area contributed by atoms with Gasteiger partial charge in [0.1, 0.15) is 11.6 Å². The molecule has 0 spiro atoms. The van der Waals surface area contributed by atoms with Gasteiger partial charge in [0.15, 0.2) is 6.61 Å². The van der Waals surface area contributed by atoms with E-state index in [0.717, 1.165) is 11.1 Å². The molecular formula is C23H18ClFN2O3. The van der Waals surface area contributed by atoms with Crippen molar-refractivity contribution in [2.45, 2.75) is 13.1 Å². The summed E-state index contributed by atoms with van der Waals surface area (Å²) in [4.78, 5) is 26.6. The highest BCUT2D eigenvalue weighted by Crippen LogP contribution is 2.34. The molecule has 30 heavy (non-hydrogen) atoms. The number of amides is 2. The first-order valence-corrected chi connectivity index (χ1v) is 9.72. The number of hydrogen-bond acceptors (Lipinski definition) is 3.